The summed E-state index contributed by atoms with van der Waals surface area (Å²) in [7, 11) is 0. The standard InChI is InChI=1S/C17H26N2OS/c1-3-4-12-19(13-14-8-7-11-18-14)17(20)15-9-5-6-10-16(15)21-2/h5-6,9-10,14,18H,3-4,7-8,11-13H2,1-2H3. The lowest BCUT2D eigenvalue weighted by atomic mass is 10.1. The molecule has 0 aromatic heterocycles. The van der Waals surface area contributed by atoms with Crippen LogP contribution in [0.2, 0.25) is 0 Å². The second-order valence-corrected chi connectivity index (χ2v) is 6.45. The Labute approximate surface area is 132 Å². The van der Waals surface area contributed by atoms with Gasteiger partial charge in [-0.15, -0.1) is 11.8 Å². The zero-order chi connectivity index (χ0) is 15.1. The zero-order valence-corrected chi connectivity index (χ0v) is 13.9. The lowest BCUT2D eigenvalue weighted by Crippen LogP contribution is -2.41. The monoisotopic (exact) mass is 306 g/mol. The van der Waals surface area contributed by atoms with Crippen LogP contribution in [0, 0.1) is 0 Å². The molecule has 0 bridgehead atoms. The van der Waals surface area contributed by atoms with Gasteiger partial charge in [0.05, 0.1) is 5.56 Å². The number of rotatable bonds is 7. The first-order chi connectivity index (χ1) is 10.3. The van der Waals surface area contributed by atoms with Crippen molar-refractivity contribution in [1.82, 2.24) is 10.2 Å². The van der Waals surface area contributed by atoms with Crippen LogP contribution in [0.4, 0.5) is 0 Å². The third-order valence-electron chi connectivity index (χ3n) is 4.01. The molecular formula is C17H26N2OS. The Morgan fingerprint density at radius 1 is 1.43 bits per heavy atom. The third-order valence-corrected chi connectivity index (χ3v) is 4.81. The minimum absolute atomic E-state index is 0.183. The lowest BCUT2D eigenvalue weighted by Gasteiger charge is -2.26. The van der Waals surface area contributed by atoms with Crippen molar-refractivity contribution in [3.63, 3.8) is 0 Å². The summed E-state index contributed by atoms with van der Waals surface area (Å²) in [6.45, 7) is 4.95. The minimum Gasteiger partial charge on any atom is -0.337 e. The van der Waals surface area contributed by atoms with E-state index in [2.05, 4.69) is 12.2 Å². The van der Waals surface area contributed by atoms with Crippen molar-refractivity contribution in [1.29, 1.82) is 0 Å². The van der Waals surface area contributed by atoms with Crippen LogP contribution in [0.15, 0.2) is 29.2 Å². The molecule has 1 saturated heterocycles. The summed E-state index contributed by atoms with van der Waals surface area (Å²) in [5, 5.41) is 3.50. The van der Waals surface area contributed by atoms with Crippen LogP contribution in [0.3, 0.4) is 0 Å². The molecule has 3 nitrogen and oxygen atoms in total. The highest BCUT2D eigenvalue weighted by atomic mass is 32.2. The van der Waals surface area contributed by atoms with E-state index in [0.717, 1.165) is 42.9 Å². The van der Waals surface area contributed by atoms with Crippen LogP contribution in [0.25, 0.3) is 0 Å². The summed E-state index contributed by atoms with van der Waals surface area (Å²) >= 11 is 1.64. The number of amides is 1. The molecule has 4 heteroatoms. The molecule has 1 aromatic carbocycles. The molecule has 1 amide bonds. The summed E-state index contributed by atoms with van der Waals surface area (Å²) < 4.78 is 0. The SMILES string of the molecule is CCCCN(CC1CCCN1)C(=O)c1ccccc1SC. The van der Waals surface area contributed by atoms with Crippen LogP contribution in [0.1, 0.15) is 43.0 Å². The van der Waals surface area contributed by atoms with Crippen molar-refractivity contribution >= 4 is 17.7 Å². The van der Waals surface area contributed by atoms with Crippen LogP contribution >= 0.6 is 11.8 Å². The molecule has 1 fully saturated rings. The van der Waals surface area contributed by atoms with Crippen molar-refractivity contribution < 1.29 is 4.79 Å². The normalized spacial score (nSPS) is 17.9. The van der Waals surface area contributed by atoms with Gasteiger partial charge in [-0.25, -0.2) is 0 Å². The van der Waals surface area contributed by atoms with Gasteiger partial charge in [0.1, 0.15) is 0 Å². The first kappa shape index (κ1) is 16.4. The molecule has 1 aliphatic rings. The average molecular weight is 306 g/mol. The maximum absolute atomic E-state index is 12.9. The Hall–Kier alpha value is -1.00. The second-order valence-electron chi connectivity index (χ2n) is 5.60. The Bertz CT molecular complexity index is 458. The van der Waals surface area contributed by atoms with Gasteiger partial charge in [0.2, 0.25) is 0 Å². The van der Waals surface area contributed by atoms with Gasteiger partial charge in [-0.1, -0.05) is 25.5 Å². The number of unbranched alkanes of at least 4 members (excludes halogenated alkanes) is 1. The van der Waals surface area contributed by atoms with Gasteiger partial charge in [0, 0.05) is 24.0 Å². The topological polar surface area (TPSA) is 32.3 Å². The van der Waals surface area contributed by atoms with Crippen molar-refractivity contribution in [2.24, 2.45) is 0 Å². The molecule has 1 N–H and O–H groups in total. The molecule has 116 valence electrons. The predicted octanol–water partition coefficient (Wildman–Crippen LogP) is 3.40. The fraction of sp³-hybridized carbons (Fsp3) is 0.588. The largest absolute Gasteiger partial charge is 0.337 e. The summed E-state index contributed by atoms with van der Waals surface area (Å²) in [5.41, 5.74) is 0.846. The molecular weight excluding hydrogens is 280 g/mol. The van der Waals surface area contributed by atoms with E-state index in [-0.39, 0.29) is 5.91 Å². The molecule has 1 atom stereocenters. The molecule has 0 radical (unpaired) electrons. The van der Waals surface area contributed by atoms with Gasteiger partial charge in [0.25, 0.3) is 5.91 Å². The van der Waals surface area contributed by atoms with E-state index < -0.39 is 0 Å². The molecule has 1 aliphatic heterocycles. The number of carbonyl (C=O) groups excluding carboxylic acids is 1. The van der Waals surface area contributed by atoms with E-state index in [1.807, 2.05) is 35.4 Å². The quantitative estimate of drug-likeness (QED) is 0.784. The summed E-state index contributed by atoms with van der Waals surface area (Å²) in [5.74, 6) is 0.183. The predicted molar refractivity (Wildman–Crippen MR) is 90.1 cm³/mol. The van der Waals surface area contributed by atoms with Crippen molar-refractivity contribution in [3.05, 3.63) is 29.8 Å². The van der Waals surface area contributed by atoms with Crippen LogP contribution in [0.5, 0.6) is 0 Å². The van der Waals surface area contributed by atoms with Gasteiger partial charge >= 0.3 is 0 Å². The molecule has 21 heavy (non-hydrogen) atoms. The number of nitrogens with zero attached hydrogens (tertiary/aromatic N) is 1. The lowest BCUT2D eigenvalue weighted by molar-refractivity contribution is 0.0736. The van der Waals surface area contributed by atoms with E-state index in [1.165, 1.54) is 12.8 Å². The first-order valence-electron chi connectivity index (χ1n) is 7.92. The number of benzene rings is 1. The van der Waals surface area contributed by atoms with Gasteiger partial charge in [-0.05, 0) is 44.2 Å². The smallest absolute Gasteiger partial charge is 0.255 e. The second kappa shape index (κ2) is 8.44. The van der Waals surface area contributed by atoms with E-state index in [1.54, 1.807) is 11.8 Å². The fourth-order valence-electron chi connectivity index (χ4n) is 2.79. The van der Waals surface area contributed by atoms with E-state index >= 15 is 0 Å². The van der Waals surface area contributed by atoms with Gasteiger partial charge in [-0.3, -0.25) is 4.79 Å². The number of thioether (sulfide) groups is 1. The number of nitrogens with one attached hydrogen (secondary N) is 1. The number of carbonyl (C=O) groups is 1. The highest BCUT2D eigenvalue weighted by molar-refractivity contribution is 7.98. The van der Waals surface area contributed by atoms with Gasteiger partial charge in [-0.2, -0.15) is 0 Å². The van der Waals surface area contributed by atoms with Crippen LogP contribution in [-0.2, 0) is 0 Å². The maximum atomic E-state index is 12.9. The minimum atomic E-state index is 0.183. The number of hydrogen-bond donors (Lipinski definition) is 1. The summed E-state index contributed by atoms with van der Waals surface area (Å²) in [6, 6.07) is 8.40. The Morgan fingerprint density at radius 3 is 2.90 bits per heavy atom. The molecule has 0 saturated carbocycles. The number of hydrogen-bond acceptors (Lipinski definition) is 3. The van der Waals surface area contributed by atoms with Crippen molar-refractivity contribution in [2.75, 3.05) is 25.9 Å². The van der Waals surface area contributed by atoms with Crippen molar-refractivity contribution in [3.8, 4) is 0 Å². The molecule has 1 aromatic rings. The van der Waals surface area contributed by atoms with Gasteiger partial charge in [0.15, 0.2) is 0 Å². The molecule has 1 unspecified atom stereocenters. The van der Waals surface area contributed by atoms with E-state index in [0.29, 0.717) is 6.04 Å². The fourth-order valence-corrected chi connectivity index (χ4v) is 3.38. The van der Waals surface area contributed by atoms with E-state index in [9.17, 15) is 4.79 Å². The Kier molecular flexibility index (Phi) is 6.58. The van der Waals surface area contributed by atoms with Crippen LogP contribution < -0.4 is 5.32 Å². The Morgan fingerprint density at radius 2 is 2.24 bits per heavy atom. The highest BCUT2D eigenvalue weighted by Crippen LogP contribution is 2.22. The molecule has 0 spiro atoms. The van der Waals surface area contributed by atoms with Crippen LogP contribution in [-0.4, -0.2) is 42.7 Å². The highest BCUT2D eigenvalue weighted by Gasteiger charge is 2.23. The first-order valence-corrected chi connectivity index (χ1v) is 9.14. The Balaban J connectivity index is 2.11. The van der Waals surface area contributed by atoms with E-state index in [4.69, 9.17) is 0 Å². The average Bonchev–Trinajstić information content (AvgIpc) is 3.03. The maximum Gasteiger partial charge on any atom is 0.255 e. The summed E-state index contributed by atoms with van der Waals surface area (Å²) in [4.78, 5) is 16.0. The zero-order valence-electron chi connectivity index (χ0n) is 13.1. The molecule has 2 rings (SSSR count). The van der Waals surface area contributed by atoms with Crippen molar-refractivity contribution in [2.45, 2.75) is 43.5 Å². The third kappa shape index (κ3) is 4.48. The molecule has 1 heterocycles. The summed E-state index contributed by atoms with van der Waals surface area (Å²) in [6.07, 6.45) is 6.62. The van der Waals surface area contributed by atoms with Gasteiger partial charge < -0.3 is 10.2 Å². The molecule has 0 aliphatic carbocycles.